The Labute approximate surface area is 126 Å². The molecule has 3 N–H and O–H groups in total. The smallest absolute Gasteiger partial charge is 0.0990 e. The lowest BCUT2D eigenvalue weighted by atomic mass is 10.0. The lowest BCUT2D eigenvalue weighted by molar-refractivity contribution is 1.01. The average Bonchev–Trinajstić information content (AvgIpc) is 2.42. The van der Waals surface area contributed by atoms with Crippen LogP contribution in [0.1, 0.15) is 11.5 Å². The summed E-state index contributed by atoms with van der Waals surface area (Å²) in [6.07, 6.45) is 0. The summed E-state index contributed by atoms with van der Waals surface area (Å²) in [7, 11) is 0. The van der Waals surface area contributed by atoms with E-state index in [0.717, 1.165) is 15.8 Å². The van der Waals surface area contributed by atoms with E-state index in [0.29, 0.717) is 0 Å². The van der Waals surface area contributed by atoms with E-state index in [1.807, 2.05) is 48.5 Å². The molecule has 2 rings (SSSR count). The van der Waals surface area contributed by atoms with Crippen LogP contribution in [-0.2, 0) is 0 Å². The molecule has 98 valence electrons. The minimum absolute atomic E-state index is 0.0432. The quantitative estimate of drug-likeness (QED) is 0.487. The van der Waals surface area contributed by atoms with Crippen molar-refractivity contribution < 1.29 is 0 Å². The zero-order valence-electron chi connectivity index (χ0n) is 10.3. The van der Waals surface area contributed by atoms with Crippen molar-refractivity contribution in [2.45, 2.75) is 10.8 Å². The molecule has 0 amide bonds. The van der Waals surface area contributed by atoms with E-state index in [9.17, 15) is 0 Å². The first-order valence-electron chi connectivity index (χ1n) is 5.94. The number of nitrogens with one attached hydrogen (secondary N) is 1. The zero-order chi connectivity index (χ0) is 13.7. The number of hydrogen-bond donors (Lipinski definition) is 2. The lowest BCUT2D eigenvalue weighted by Gasteiger charge is -2.15. The van der Waals surface area contributed by atoms with E-state index in [1.54, 1.807) is 11.8 Å². The molecule has 2 nitrogen and oxygen atoms in total. The summed E-state index contributed by atoms with van der Waals surface area (Å²) in [5.74, 6) is 0.936. The number of amidine groups is 1. The highest BCUT2D eigenvalue weighted by Crippen LogP contribution is 2.31. The molecule has 0 aliphatic carbocycles. The number of hydrogen-bond acceptors (Lipinski definition) is 2. The van der Waals surface area contributed by atoms with Crippen LogP contribution in [0.5, 0.6) is 0 Å². The van der Waals surface area contributed by atoms with Crippen molar-refractivity contribution in [1.29, 1.82) is 5.41 Å². The Kier molecular flexibility index (Phi) is 5.05. The van der Waals surface area contributed by atoms with Crippen LogP contribution in [0.2, 0.25) is 0 Å². The molecule has 0 saturated heterocycles. The summed E-state index contributed by atoms with van der Waals surface area (Å²) in [6, 6.07) is 18.1. The first-order valence-corrected chi connectivity index (χ1v) is 7.72. The topological polar surface area (TPSA) is 49.9 Å². The van der Waals surface area contributed by atoms with Gasteiger partial charge in [0.25, 0.3) is 0 Å². The fraction of sp³-hybridized carbons (Fsp3) is 0.133. The maximum Gasteiger partial charge on any atom is 0.0990 e. The number of benzene rings is 2. The predicted octanol–water partition coefficient (Wildman–Crippen LogP) is 4.26. The van der Waals surface area contributed by atoms with Gasteiger partial charge in [0.15, 0.2) is 0 Å². The molecule has 0 aromatic heterocycles. The van der Waals surface area contributed by atoms with Crippen LogP contribution in [-0.4, -0.2) is 11.6 Å². The maximum atomic E-state index is 7.76. The third-order valence-electron chi connectivity index (χ3n) is 2.82. The van der Waals surface area contributed by atoms with Crippen LogP contribution in [0.25, 0.3) is 0 Å². The second-order valence-corrected chi connectivity index (χ2v) is 6.08. The fourth-order valence-electron chi connectivity index (χ4n) is 1.79. The molecule has 0 aliphatic rings. The molecule has 4 heteroatoms. The lowest BCUT2D eigenvalue weighted by Crippen LogP contribution is -2.22. The largest absolute Gasteiger partial charge is 0.387 e. The van der Waals surface area contributed by atoms with Crippen molar-refractivity contribution >= 4 is 33.5 Å². The van der Waals surface area contributed by atoms with E-state index in [4.69, 9.17) is 11.1 Å². The molecule has 0 heterocycles. The minimum atomic E-state index is -0.0432. The molecule has 2 aromatic rings. The van der Waals surface area contributed by atoms with Crippen molar-refractivity contribution in [3.63, 3.8) is 0 Å². The fourth-order valence-corrected chi connectivity index (χ4v) is 3.51. The van der Waals surface area contributed by atoms with Gasteiger partial charge in [0.2, 0.25) is 0 Å². The summed E-state index contributed by atoms with van der Waals surface area (Å²) in [5.41, 5.74) is 6.82. The molecule has 0 fully saturated rings. The van der Waals surface area contributed by atoms with Gasteiger partial charge in [-0.1, -0.05) is 42.5 Å². The van der Waals surface area contributed by atoms with Gasteiger partial charge in [-0.05, 0) is 33.6 Å². The van der Waals surface area contributed by atoms with Crippen molar-refractivity contribution in [2.24, 2.45) is 5.73 Å². The van der Waals surface area contributed by atoms with Crippen LogP contribution in [0, 0.1) is 5.41 Å². The summed E-state index contributed by atoms with van der Waals surface area (Å²) in [4.78, 5) is 1.17. The molecule has 0 spiro atoms. The van der Waals surface area contributed by atoms with Crippen molar-refractivity contribution in [3.05, 3.63) is 64.6 Å². The van der Waals surface area contributed by atoms with E-state index < -0.39 is 0 Å². The summed E-state index contributed by atoms with van der Waals surface area (Å²) < 4.78 is 1.08. The predicted molar refractivity (Wildman–Crippen MR) is 86.0 cm³/mol. The highest BCUT2D eigenvalue weighted by molar-refractivity contribution is 9.10. The highest BCUT2D eigenvalue weighted by atomic mass is 79.9. The monoisotopic (exact) mass is 334 g/mol. The third-order valence-corrected chi connectivity index (χ3v) is 4.94. The Morgan fingerprint density at radius 2 is 1.74 bits per heavy atom. The maximum absolute atomic E-state index is 7.76. The van der Waals surface area contributed by atoms with Gasteiger partial charge in [0.05, 0.1) is 11.8 Å². The highest BCUT2D eigenvalue weighted by Gasteiger charge is 2.15. The van der Waals surface area contributed by atoms with Gasteiger partial charge in [-0.15, -0.1) is 11.8 Å². The minimum Gasteiger partial charge on any atom is -0.387 e. The van der Waals surface area contributed by atoms with Crippen molar-refractivity contribution in [1.82, 2.24) is 0 Å². The Morgan fingerprint density at radius 1 is 1.11 bits per heavy atom. The molecule has 1 unspecified atom stereocenters. The SMILES string of the molecule is N=C(N)C(CSc1ccccc1Br)c1ccccc1. The van der Waals surface area contributed by atoms with Gasteiger partial charge in [-0.3, -0.25) is 5.41 Å². The van der Waals surface area contributed by atoms with Crippen LogP contribution >= 0.6 is 27.7 Å². The molecule has 1 atom stereocenters. The Bertz CT molecular complexity index is 557. The summed E-state index contributed by atoms with van der Waals surface area (Å²) in [5, 5.41) is 7.76. The molecule has 0 bridgehead atoms. The number of nitrogens with two attached hydrogens (primary N) is 1. The molecule has 0 radical (unpaired) electrons. The summed E-state index contributed by atoms with van der Waals surface area (Å²) >= 11 is 5.24. The van der Waals surface area contributed by atoms with Crippen LogP contribution < -0.4 is 5.73 Å². The van der Waals surface area contributed by atoms with Gasteiger partial charge < -0.3 is 5.73 Å². The number of thioether (sulfide) groups is 1. The van der Waals surface area contributed by atoms with Gasteiger partial charge in [-0.25, -0.2) is 0 Å². The Hall–Kier alpha value is -1.26. The van der Waals surface area contributed by atoms with Gasteiger partial charge in [0, 0.05) is 15.1 Å². The molecule has 19 heavy (non-hydrogen) atoms. The second-order valence-electron chi connectivity index (χ2n) is 4.16. The Balaban J connectivity index is 2.11. The van der Waals surface area contributed by atoms with Gasteiger partial charge in [0.1, 0.15) is 0 Å². The molecular weight excluding hydrogens is 320 g/mol. The molecule has 2 aromatic carbocycles. The third kappa shape index (κ3) is 3.85. The van der Waals surface area contributed by atoms with Crippen molar-refractivity contribution in [3.8, 4) is 0 Å². The van der Waals surface area contributed by atoms with E-state index in [1.165, 1.54) is 4.90 Å². The molecular formula is C15H15BrN2S. The van der Waals surface area contributed by atoms with E-state index >= 15 is 0 Å². The summed E-state index contributed by atoms with van der Waals surface area (Å²) in [6.45, 7) is 0. The average molecular weight is 335 g/mol. The van der Waals surface area contributed by atoms with E-state index in [-0.39, 0.29) is 11.8 Å². The van der Waals surface area contributed by atoms with Gasteiger partial charge in [-0.2, -0.15) is 0 Å². The standard InChI is InChI=1S/C15H15BrN2S/c16-13-8-4-5-9-14(13)19-10-12(15(17)18)11-6-2-1-3-7-11/h1-9,12H,10H2,(H3,17,18). The number of rotatable bonds is 5. The molecule has 0 saturated carbocycles. The first-order chi connectivity index (χ1) is 9.18. The molecule has 0 aliphatic heterocycles. The first kappa shape index (κ1) is 14.2. The van der Waals surface area contributed by atoms with Gasteiger partial charge >= 0.3 is 0 Å². The van der Waals surface area contributed by atoms with Crippen LogP contribution in [0.3, 0.4) is 0 Å². The second kappa shape index (κ2) is 6.78. The zero-order valence-corrected chi connectivity index (χ0v) is 12.7. The van der Waals surface area contributed by atoms with Crippen LogP contribution in [0.4, 0.5) is 0 Å². The van der Waals surface area contributed by atoms with Crippen molar-refractivity contribution in [2.75, 3.05) is 5.75 Å². The van der Waals surface area contributed by atoms with Crippen LogP contribution in [0.15, 0.2) is 64.0 Å². The van der Waals surface area contributed by atoms with E-state index in [2.05, 4.69) is 22.0 Å². The normalized spacial score (nSPS) is 12.1. The Morgan fingerprint density at radius 3 is 2.37 bits per heavy atom. The number of halogens is 1.